The topological polar surface area (TPSA) is 17.8 Å². The number of rotatable bonds is 3. The second kappa shape index (κ2) is 5.85. The summed E-state index contributed by atoms with van der Waals surface area (Å²) < 4.78 is 2.27. The Kier molecular flexibility index (Phi) is 4.45. The van der Waals surface area contributed by atoms with E-state index in [1.165, 1.54) is 37.9 Å². The molecule has 0 amide bonds. The lowest BCUT2D eigenvalue weighted by Gasteiger charge is -2.16. The number of nitrogens with zero attached hydrogens (tertiary/aromatic N) is 2. The molecule has 1 heterocycles. The van der Waals surface area contributed by atoms with Crippen molar-refractivity contribution in [2.75, 3.05) is 0 Å². The molecule has 2 nitrogen and oxygen atoms in total. The molecule has 0 saturated heterocycles. The molecule has 0 spiro atoms. The summed E-state index contributed by atoms with van der Waals surface area (Å²) in [4.78, 5) is 5.21. The first-order chi connectivity index (χ1) is 7.79. The summed E-state index contributed by atoms with van der Waals surface area (Å²) in [6, 6.07) is 0. The van der Waals surface area contributed by atoms with E-state index in [2.05, 4.69) is 38.6 Å². The third kappa shape index (κ3) is 3.09. The van der Waals surface area contributed by atoms with Gasteiger partial charge in [0, 0.05) is 30.2 Å². The second-order valence-electron chi connectivity index (χ2n) is 4.82. The minimum absolute atomic E-state index is 0.727. The number of aromatic nitrogens is 2. The van der Waals surface area contributed by atoms with Crippen LogP contribution in [0.1, 0.15) is 44.9 Å². The van der Waals surface area contributed by atoms with Crippen LogP contribution in [0, 0.1) is 5.92 Å². The van der Waals surface area contributed by atoms with E-state index < -0.39 is 0 Å². The molecule has 0 radical (unpaired) electrons. The molecule has 2 rings (SSSR count). The summed E-state index contributed by atoms with van der Waals surface area (Å²) in [6.45, 7) is 3.23. The average molecular weight is 285 g/mol. The van der Waals surface area contributed by atoms with Crippen LogP contribution in [0.15, 0.2) is 12.4 Å². The van der Waals surface area contributed by atoms with Gasteiger partial charge >= 0.3 is 0 Å². The SMILES string of the molecule is CCn1ccnc1CC1CCCCC(Br)C1. The lowest BCUT2D eigenvalue weighted by atomic mass is 9.96. The van der Waals surface area contributed by atoms with Gasteiger partial charge in [-0.1, -0.05) is 28.8 Å². The van der Waals surface area contributed by atoms with Crippen LogP contribution in [0.25, 0.3) is 0 Å². The highest BCUT2D eigenvalue weighted by Crippen LogP contribution is 2.29. The first-order valence-electron chi connectivity index (χ1n) is 6.43. The Hall–Kier alpha value is -0.310. The maximum Gasteiger partial charge on any atom is 0.108 e. The molecular formula is C13H21BrN2. The summed E-state index contributed by atoms with van der Waals surface area (Å²) in [7, 11) is 0. The zero-order chi connectivity index (χ0) is 11.4. The molecular weight excluding hydrogens is 264 g/mol. The van der Waals surface area contributed by atoms with Crippen LogP contribution >= 0.6 is 15.9 Å². The molecule has 1 aromatic rings. The highest BCUT2D eigenvalue weighted by atomic mass is 79.9. The van der Waals surface area contributed by atoms with Crippen LogP contribution in [0.5, 0.6) is 0 Å². The van der Waals surface area contributed by atoms with E-state index in [9.17, 15) is 0 Å². The number of hydrogen-bond acceptors (Lipinski definition) is 1. The number of halogens is 1. The van der Waals surface area contributed by atoms with Crippen LogP contribution in [0.2, 0.25) is 0 Å². The fraction of sp³-hybridized carbons (Fsp3) is 0.769. The summed E-state index contributed by atoms with van der Waals surface area (Å²) in [5.74, 6) is 2.09. The Morgan fingerprint density at radius 2 is 2.25 bits per heavy atom. The van der Waals surface area contributed by atoms with Crippen molar-refractivity contribution in [1.82, 2.24) is 9.55 Å². The molecule has 0 bridgehead atoms. The zero-order valence-electron chi connectivity index (χ0n) is 10.0. The molecule has 0 aromatic carbocycles. The van der Waals surface area contributed by atoms with E-state index >= 15 is 0 Å². The lowest BCUT2D eigenvalue weighted by molar-refractivity contribution is 0.444. The number of imidazole rings is 1. The first kappa shape index (κ1) is 12.2. The maximum atomic E-state index is 4.48. The number of alkyl halides is 1. The standard InChI is InChI=1S/C13H21BrN2/c1-2-16-8-7-15-13(16)10-11-5-3-4-6-12(14)9-11/h7-8,11-12H,2-6,9-10H2,1H3. The van der Waals surface area contributed by atoms with Gasteiger partial charge in [0.15, 0.2) is 0 Å². The van der Waals surface area contributed by atoms with Crippen molar-refractivity contribution in [3.63, 3.8) is 0 Å². The van der Waals surface area contributed by atoms with E-state index in [0.29, 0.717) is 0 Å². The molecule has 1 aromatic heterocycles. The summed E-state index contributed by atoms with van der Waals surface area (Å²) >= 11 is 3.79. The van der Waals surface area contributed by atoms with Gasteiger partial charge in [0.1, 0.15) is 5.82 Å². The quantitative estimate of drug-likeness (QED) is 0.610. The van der Waals surface area contributed by atoms with Crippen molar-refractivity contribution in [2.45, 2.75) is 56.8 Å². The first-order valence-corrected chi connectivity index (χ1v) is 7.35. The summed E-state index contributed by atoms with van der Waals surface area (Å²) in [5, 5.41) is 0. The van der Waals surface area contributed by atoms with Gasteiger partial charge in [-0.05, 0) is 32.1 Å². The molecule has 1 aliphatic carbocycles. The third-order valence-electron chi connectivity index (χ3n) is 3.58. The zero-order valence-corrected chi connectivity index (χ0v) is 11.6. The Balaban J connectivity index is 1.97. The Morgan fingerprint density at radius 1 is 1.44 bits per heavy atom. The Morgan fingerprint density at radius 3 is 3.06 bits per heavy atom. The Labute approximate surface area is 107 Å². The monoisotopic (exact) mass is 284 g/mol. The predicted molar refractivity (Wildman–Crippen MR) is 70.9 cm³/mol. The number of hydrogen-bond donors (Lipinski definition) is 0. The molecule has 90 valence electrons. The molecule has 1 saturated carbocycles. The van der Waals surface area contributed by atoms with Gasteiger partial charge in [-0.2, -0.15) is 0 Å². The van der Waals surface area contributed by atoms with Crippen molar-refractivity contribution >= 4 is 15.9 Å². The highest BCUT2D eigenvalue weighted by Gasteiger charge is 2.19. The smallest absolute Gasteiger partial charge is 0.108 e. The van der Waals surface area contributed by atoms with Gasteiger partial charge in [-0.15, -0.1) is 0 Å². The largest absolute Gasteiger partial charge is 0.335 e. The molecule has 16 heavy (non-hydrogen) atoms. The summed E-state index contributed by atoms with van der Waals surface area (Å²) in [5.41, 5.74) is 0. The van der Waals surface area contributed by atoms with Gasteiger partial charge in [0.2, 0.25) is 0 Å². The minimum Gasteiger partial charge on any atom is -0.335 e. The van der Waals surface area contributed by atoms with Crippen molar-refractivity contribution in [1.29, 1.82) is 0 Å². The predicted octanol–water partition coefficient (Wildman–Crippen LogP) is 3.79. The maximum absolute atomic E-state index is 4.48. The normalized spacial score (nSPS) is 26.6. The van der Waals surface area contributed by atoms with Crippen LogP contribution in [0.4, 0.5) is 0 Å². The Bertz CT molecular complexity index is 321. The van der Waals surface area contributed by atoms with Crippen molar-refractivity contribution < 1.29 is 0 Å². The van der Waals surface area contributed by atoms with Crippen molar-refractivity contribution in [3.05, 3.63) is 18.2 Å². The fourth-order valence-electron chi connectivity index (χ4n) is 2.66. The number of aryl methyl sites for hydroxylation is 1. The van der Waals surface area contributed by atoms with Crippen molar-refractivity contribution in [2.24, 2.45) is 5.92 Å². The second-order valence-corrected chi connectivity index (χ2v) is 6.11. The average Bonchev–Trinajstić information content (AvgIpc) is 2.61. The van der Waals surface area contributed by atoms with Gasteiger partial charge in [-0.3, -0.25) is 0 Å². The molecule has 1 fully saturated rings. The van der Waals surface area contributed by atoms with E-state index in [4.69, 9.17) is 0 Å². The van der Waals surface area contributed by atoms with Crippen LogP contribution < -0.4 is 0 Å². The molecule has 0 aliphatic heterocycles. The molecule has 0 N–H and O–H groups in total. The molecule has 2 unspecified atom stereocenters. The third-order valence-corrected chi connectivity index (χ3v) is 4.41. The van der Waals surface area contributed by atoms with Crippen molar-refractivity contribution in [3.8, 4) is 0 Å². The van der Waals surface area contributed by atoms with E-state index in [1.807, 2.05) is 6.20 Å². The molecule has 3 heteroatoms. The van der Waals surface area contributed by atoms with Crippen LogP contribution in [-0.4, -0.2) is 14.4 Å². The fourth-order valence-corrected chi connectivity index (χ4v) is 3.51. The molecule has 2 atom stereocenters. The minimum atomic E-state index is 0.727. The highest BCUT2D eigenvalue weighted by molar-refractivity contribution is 9.09. The van der Waals surface area contributed by atoms with E-state index in [1.54, 1.807) is 0 Å². The van der Waals surface area contributed by atoms with Gasteiger partial charge in [-0.25, -0.2) is 4.98 Å². The van der Waals surface area contributed by atoms with Gasteiger partial charge in [0.05, 0.1) is 0 Å². The van der Waals surface area contributed by atoms with Crippen LogP contribution in [0.3, 0.4) is 0 Å². The molecule has 1 aliphatic rings. The van der Waals surface area contributed by atoms with Gasteiger partial charge < -0.3 is 4.57 Å². The van der Waals surface area contributed by atoms with E-state index in [0.717, 1.165) is 23.7 Å². The summed E-state index contributed by atoms with van der Waals surface area (Å²) in [6.07, 6.45) is 12.0. The van der Waals surface area contributed by atoms with Crippen LogP contribution in [-0.2, 0) is 13.0 Å². The lowest BCUT2D eigenvalue weighted by Crippen LogP contribution is -2.12. The van der Waals surface area contributed by atoms with E-state index in [-0.39, 0.29) is 0 Å². The van der Waals surface area contributed by atoms with Gasteiger partial charge in [0.25, 0.3) is 0 Å².